The minimum atomic E-state index is -0.127. The van der Waals surface area contributed by atoms with Gasteiger partial charge in [0.2, 0.25) is 0 Å². The number of hydrogen-bond acceptors (Lipinski definition) is 4. The molecule has 154 valence electrons. The Bertz CT molecular complexity index is 970. The molecule has 2 heterocycles. The van der Waals surface area contributed by atoms with Gasteiger partial charge in [-0.3, -0.25) is 4.79 Å². The van der Waals surface area contributed by atoms with Gasteiger partial charge in [-0.25, -0.2) is 4.98 Å². The monoisotopic (exact) mass is 419 g/mol. The van der Waals surface area contributed by atoms with Crippen molar-refractivity contribution in [3.8, 4) is 0 Å². The highest BCUT2D eigenvalue weighted by Crippen LogP contribution is 2.21. The van der Waals surface area contributed by atoms with E-state index in [1.165, 1.54) is 23.0 Å². The number of pyridine rings is 1. The smallest absolute Gasteiger partial charge is 0.258 e. The van der Waals surface area contributed by atoms with Crippen LogP contribution in [0.15, 0.2) is 78.0 Å². The first-order valence-corrected chi connectivity index (χ1v) is 11.5. The summed E-state index contributed by atoms with van der Waals surface area (Å²) >= 11 is 1.48. The molecule has 5 nitrogen and oxygen atoms in total. The molecule has 0 saturated carbocycles. The zero-order valence-electron chi connectivity index (χ0n) is 17.2. The molecule has 0 bridgehead atoms. The molecule has 1 aromatic heterocycles. The van der Waals surface area contributed by atoms with Gasteiger partial charge in [0.1, 0.15) is 11.6 Å². The molecule has 3 aromatic rings. The third-order valence-electron chi connectivity index (χ3n) is 5.47. The van der Waals surface area contributed by atoms with Gasteiger partial charge in [0.05, 0.1) is 31.7 Å². The lowest BCUT2D eigenvalue weighted by molar-refractivity contribution is -0.914. The second-order valence-corrected chi connectivity index (χ2v) is 8.26. The number of hydrogen-bond donors (Lipinski definition) is 2. The second kappa shape index (κ2) is 9.78. The van der Waals surface area contributed by atoms with E-state index < -0.39 is 0 Å². The van der Waals surface area contributed by atoms with Crippen LogP contribution in [-0.4, -0.2) is 43.3 Å². The molecule has 1 fully saturated rings. The van der Waals surface area contributed by atoms with Crippen LogP contribution in [0.2, 0.25) is 0 Å². The molecule has 0 unspecified atom stereocenters. The van der Waals surface area contributed by atoms with Crippen molar-refractivity contribution >= 4 is 29.0 Å². The van der Waals surface area contributed by atoms with E-state index in [4.69, 9.17) is 0 Å². The molecule has 1 saturated heterocycles. The Morgan fingerprint density at radius 3 is 2.47 bits per heavy atom. The number of carbonyl (C=O) groups is 1. The predicted molar refractivity (Wildman–Crippen MR) is 123 cm³/mol. The number of nitrogens with one attached hydrogen (secondary N) is 2. The van der Waals surface area contributed by atoms with Gasteiger partial charge in [-0.15, -0.1) is 11.8 Å². The molecule has 1 amide bonds. The van der Waals surface area contributed by atoms with Crippen LogP contribution in [0.3, 0.4) is 0 Å². The van der Waals surface area contributed by atoms with Gasteiger partial charge < -0.3 is 15.1 Å². The highest BCUT2D eigenvalue weighted by molar-refractivity contribution is 7.98. The van der Waals surface area contributed by atoms with Gasteiger partial charge >= 0.3 is 0 Å². The van der Waals surface area contributed by atoms with Crippen molar-refractivity contribution in [2.45, 2.75) is 11.6 Å². The Labute approximate surface area is 182 Å². The van der Waals surface area contributed by atoms with Crippen molar-refractivity contribution in [2.75, 3.05) is 42.7 Å². The number of quaternary nitrogens is 1. The van der Waals surface area contributed by atoms with Crippen molar-refractivity contribution in [3.63, 3.8) is 0 Å². The van der Waals surface area contributed by atoms with E-state index in [-0.39, 0.29) is 5.91 Å². The minimum Gasteiger partial charge on any atom is -0.360 e. The maximum Gasteiger partial charge on any atom is 0.258 e. The van der Waals surface area contributed by atoms with Crippen LogP contribution >= 0.6 is 11.8 Å². The van der Waals surface area contributed by atoms with Crippen LogP contribution in [0, 0.1) is 0 Å². The summed E-state index contributed by atoms with van der Waals surface area (Å²) in [6.45, 7) is 5.44. The SMILES string of the molecule is CSc1ncccc1C(=O)Nc1ccc(N2CC[NH+](Cc3ccccc3)CC2)cc1. The van der Waals surface area contributed by atoms with E-state index in [1.807, 2.05) is 18.4 Å². The standard InChI is InChI=1S/C24H26N4OS/c1-30-24-22(8-5-13-25-24)23(29)26-20-9-11-21(12-10-20)28-16-14-27(15-17-28)18-19-6-3-2-4-7-19/h2-13H,14-18H2,1H3,(H,26,29)/p+1. The normalized spacial score (nSPS) is 14.5. The Kier molecular flexibility index (Phi) is 6.67. The number of thioether (sulfide) groups is 1. The fourth-order valence-corrected chi connectivity index (χ4v) is 4.37. The molecule has 6 heteroatoms. The van der Waals surface area contributed by atoms with Crippen LogP contribution in [-0.2, 0) is 6.54 Å². The number of piperazine rings is 1. The summed E-state index contributed by atoms with van der Waals surface area (Å²) in [6, 6.07) is 22.5. The number of benzene rings is 2. The number of amides is 1. The van der Waals surface area contributed by atoms with Crippen LogP contribution in [0.5, 0.6) is 0 Å². The summed E-state index contributed by atoms with van der Waals surface area (Å²) in [4.78, 5) is 20.9. The topological polar surface area (TPSA) is 49.7 Å². The van der Waals surface area contributed by atoms with Crippen LogP contribution < -0.4 is 15.1 Å². The Morgan fingerprint density at radius 2 is 1.77 bits per heavy atom. The first kappa shape index (κ1) is 20.4. The molecular weight excluding hydrogens is 392 g/mol. The predicted octanol–water partition coefficient (Wildman–Crippen LogP) is 2.96. The average Bonchev–Trinajstić information content (AvgIpc) is 2.81. The molecule has 0 aliphatic carbocycles. The molecule has 1 aliphatic rings. The zero-order valence-corrected chi connectivity index (χ0v) is 18.0. The Hall–Kier alpha value is -2.83. The van der Waals surface area contributed by atoms with E-state index >= 15 is 0 Å². The summed E-state index contributed by atoms with van der Waals surface area (Å²) in [7, 11) is 0. The van der Waals surface area contributed by atoms with Gasteiger partial charge in [-0.2, -0.15) is 0 Å². The summed E-state index contributed by atoms with van der Waals surface area (Å²) < 4.78 is 0. The van der Waals surface area contributed by atoms with Gasteiger partial charge in [0.25, 0.3) is 5.91 Å². The lowest BCUT2D eigenvalue weighted by Gasteiger charge is -2.33. The highest BCUT2D eigenvalue weighted by Gasteiger charge is 2.20. The lowest BCUT2D eigenvalue weighted by Crippen LogP contribution is -3.13. The lowest BCUT2D eigenvalue weighted by atomic mass is 10.2. The number of aromatic nitrogens is 1. The van der Waals surface area contributed by atoms with Crippen LogP contribution in [0.1, 0.15) is 15.9 Å². The third kappa shape index (κ3) is 5.01. The first-order valence-electron chi connectivity index (χ1n) is 10.3. The molecule has 0 radical (unpaired) electrons. The summed E-state index contributed by atoms with van der Waals surface area (Å²) in [5.41, 5.74) is 4.01. The third-order valence-corrected chi connectivity index (χ3v) is 6.18. The van der Waals surface area contributed by atoms with Crippen molar-refractivity contribution in [1.82, 2.24) is 4.98 Å². The molecule has 4 rings (SSSR count). The molecular formula is C24H27N4OS+. The van der Waals surface area contributed by atoms with Crippen molar-refractivity contribution < 1.29 is 9.69 Å². The fraction of sp³-hybridized carbons (Fsp3) is 0.250. The highest BCUT2D eigenvalue weighted by atomic mass is 32.2. The Morgan fingerprint density at radius 1 is 1.03 bits per heavy atom. The van der Waals surface area contributed by atoms with E-state index in [1.54, 1.807) is 23.2 Å². The van der Waals surface area contributed by atoms with E-state index in [2.05, 4.69) is 57.7 Å². The largest absolute Gasteiger partial charge is 0.360 e. The molecule has 30 heavy (non-hydrogen) atoms. The van der Waals surface area contributed by atoms with Gasteiger partial charge in [-0.05, 0) is 42.7 Å². The van der Waals surface area contributed by atoms with Crippen LogP contribution in [0.4, 0.5) is 11.4 Å². The summed E-state index contributed by atoms with van der Waals surface area (Å²) in [5.74, 6) is -0.127. The Balaban J connectivity index is 1.32. The van der Waals surface area contributed by atoms with Crippen molar-refractivity contribution in [2.24, 2.45) is 0 Å². The number of carbonyl (C=O) groups excluding carboxylic acids is 1. The van der Waals surface area contributed by atoms with Crippen molar-refractivity contribution in [3.05, 3.63) is 84.1 Å². The average molecular weight is 420 g/mol. The van der Waals surface area contributed by atoms with Gasteiger partial charge in [-0.1, -0.05) is 30.3 Å². The van der Waals surface area contributed by atoms with Crippen molar-refractivity contribution in [1.29, 1.82) is 0 Å². The van der Waals surface area contributed by atoms with Gasteiger partial charge in [0, 0.05) is 23.1 Å². The van der Waals surface area contributed by atoms with Crippen LogP contribution in [0.25, 0.3) is 0 Å². The first-order chi connectivity index (χ1) is 14.7. The quantitative estimate of drug-likeness (QED) is 0.603. The number of anilines is 2. The molecule has 0 spiro atoms. The molecule has 2 aromatic carbocycles. The zero-order chi connectivity index (χ0) is 20.8. The molecule has 1 aliphatic heterocycles. The van der Waals surface area contributed by atoms with Gasteiger partial charge in [0.15, 0.2) is 0 Å². The summed E-state index contributed by atoms with van der Waals surface area (Å²) in [5, 5.41) is 3.72. The second-order valence-electron chi connectivity index (χ2n) is 7.46. The number of nitrogens with zero attached hydrogens (tertiary/aromatic N) is 2. The van der Waals surface area contributed by atoms with E-state index in [0.717, 1.165) is 43.4 Å². The minimum absolute atomic E-state index is 0.127. The fourth-order valence-electron chi connectivity index (χ4n) is 3.82. The summed E-state index contributed by atoms with van der Waals surface area (Å²) in [6.07, 6.45) is 3.63. The molecule has 0 atom stereocenters. The maximum atomic E-state index is 12.6. The van der Waals surface area contributed by atoms with E-state index in [0.29, 0.717) is 5.56 Å². The molecule has 2 N–H and O–H groups in total. The number of rotatable bonds is 6. The van der Waals surface area contributed by atoms with E-state index in [9.17, 15) is 4.79 Å². The maximum absolute atomic E-state index is 12.6.